The Labute approximate surface area is 260 Å². The van der Waals surface area contributed by atoms with Crippen LogP contribution >= 0.6 is 0 Å². The van der Waals surface area contributed by atoms with E-state index >= 15 is 0 Å². The van der Waals surface area contributed by atoms with E-state index in [0.29, 0.717) is 60.0 Å². The Morgan fingerprint density at radius 2 is 1.40 bits per heavy atom. The van der Waals surface area contributed by atoms with Gasteiger partial charge in [-0.3, -0.25) is 9.59 Å². The molecule has 0 radical (unpaired) electrons. The summed E-state index contributed by atoms with van der Waals surface area (Å²) in [7, 11) is 0. The first-order valence-corrected chi connectivity index (χ1v) is 17.3. The Kier molecular flexibility index (Phi) is 14.3. The van der Waals surface area contributed by atoms with Gasteiger partial charge in [-0.25, -0.2) is 0 Å². The van der Waals surface area contributed by atoms with E-state index in [1.807, 2.05) is 4.90 Å². The number of carbonyl (C=O) groups is 2. The van der Waals surface area contributed by atoms with Crippen LogP contribution in [0.2, 0.25) is 0 Å². The lowest BCUT2D eigenvalue weighted by atomic mass is 9.68. The number of unbranched alkanes of at least 4 members (excludes halogenated alkanes) is 1. The second kappa shape index (κ2) is 16.3. The summed E-state index contributed by atoms with van der Waals surface area (Å²) in [6, 6.07) is 0. The van der Waals surface area contributed by atoms with E-state index in [9.17, 15) is 9.59 Å². The zero-order valence-corrected chi connectivity index (χ0v) is 29.5. The van der Waals surface area contributed by atoms with E-state index < -0.39 is 0 Å². The molecule has 2 aliphatic rings. The van der Waals surface area contributed by atoms with Crippen LogP contribution in [0.5, 0.6) is 0 Å². The van der Waals surface area contributed by atoms with Crippen molar-refractivity contribution < 1.29 is 14.3 Å². The normalized spacial score (nSPS) is 19.7. The Morgan fingerprint density at radius 1 is 0.833 bits per heavy atom. The predicted octanol–water partition coefficient (Wildman–Crippen LogP) is 7.70. The van der Waals surface area contributed by atoms with Crippen molar-refractivity contribution >= 4 is 11.8 Å². The molecule has 2 fully saturated rings. The number of carbonyl (C=O) groups excluding carboxylic acids is 2. The summed E-state index contributed by atoms with van der Waals surface area (Å²) >= 11 is 0. The molecule has 2 heterocycles. The maximum absolute atomic E-state index is 12.8. The predicted molar refractivity (Wildman–Crippen MR) is 177 cm³/mol. The second-order valence-corrected chi connectivity index (χ2v) is 16.9. The van der Waals surface area contributed by atoms with E-state index in [1.165, 1.54) is 12.8 Å². The molecule has 2 saturated heterocycles. The van der Waals surface area contributed by atoms with E-state index in [0.717, 1.165) is 77.7 Å². The van der Waals surface area contributed by atoms with Crippen molar-refractivity contribution in [2.24, 2.45) is 28.1 Å². The van der Waals surface area contributed by atoms with Crippen molar-refractivity contribution in [2.45, 2.75) is 145 Å². The van der Waals surface area contributed by atoms with Gasteiger partial charge in [-0.1, -0.05) is 61.8 Å². The quantitative estimate of drug-likeness (QED) is 0.198. The highest BCUT2D eigenvalue weighted by molar-refractivity contribution is 5.76. The smallest absolute Gasteiger partial charge is 0.224 e. The lowest BCUT2D eigenvalue weighted by molar-refractivity contribution is -0.135. The third-order valence-corrected chi connectivity index (χ3v) is 10.6. The molecule has 1 N–H and O–H groups in total. The standard InChI is InChI=1S/C36H69N3O3/c1-29(36(10)20-25-39(26-21-36)31(40)13-11-12-18-33(2,3)4)14-19-35(8,9)37-22-28-42-27-17-32(41)38-23-15-30(16-24-38)34(5,6)7/h29-30,37H,11-28H2,1-10H3. The zero-order valence-electron chi connectivity index (χ0n) is 29.5. The number of nitrogens with zero attached hydrogens (tertiary/aromatic N) is 2. The fraction of sp³-hybridized carbons (Fsp3) is 0.944. The van der Waals surface area contributed by atoms with Gasteiger partial charge < -0.3 is 19.9 Å². The van der Waals surface area contributed by atoms with Gasteiger partial charge in [0.2, 0.25) is 11.8 Å². The van der Waals surface area contributed by atoms with Crippen LogP contribution in [-0.2, 0) is 14.3 Å². The van der Waals surface area contributed by atoms with Gasteiger partial charge in [-0.15, -0.1) is 0 Å². The molecule has 0 aromatic rings. The minimum atomic E-state index is 0.0465. The molecule has 0 aromatic heterocycles. The largest absolute Gasteiger partial charge is 0.380 e. The first-order valence-electron chi connectivity index (χ1n) is 17.3. The molecule has 1 atom stereocenters. The van der Waals surface area contributed by atoms with E-state index in [4.69, 9.17) is 4.74 Å². The number of hydrogen-bond acceptors (Lipinski definition) is 4. The van der Waals surface area contributed by atoms with Crippen LogP contribution in [0.1, 0.15) is 140 Å². The maximum atomic E-state index is 12.8. The highest BCUT2D eigenvalue weighted by Gasteiger charge is 2.37. The van der Waals surface area contributed by atoms with Crippen LogP contribution < -0.4 is 5.32 Å². The number of amides is 2. The molecular weight excluding hydrogens is 522 g/mol. The maximum Gasteiger partial charge on any atom is 0.224 e. The topological polar surface area (TPSA) is 61.9 Å². The van der Waals surface area contributed by atoms with Crippen LogP contribution in [0.15, 0.2) is 0 Å². The molecule has 2 amide bonds. The average molecular weight is 592 g/mol. The number of likely N-dealkylation sites (tertiary alicyclic amines) is 2. The second-order valence-electron chi connectivity index (χ2n) is 16.9. The van der Waals surface area contributed by atoms with Gasteiger partial charge >= 0.3 is 0 Å². The van der Waals surface area contributed by atoms with Crippen molar-refractivity contribution in [3.63, 3.8) is 0 Å². The molecule has 0 aromatic carbocycles. The van der Waals surface area contributed by atoms with Crippen molar-refractivity contribution in [3.05, 3.63) is 0 Å². The Bertz CT molecular complexity index is 810. The van der Waals surface area contributed by atoms with Gasteiger partial charge in [0.25, 0.3) is 0 Å². The lowest BCUT2D eigenvalue weighted by Gasteiger charge is -2.44. The monoisotopic (exact) mass is 592 g/mol. The molecule has 6 heteroatoms. The van der Waals surface area contributed by atoms with E-state index in [2.05, 4.69) is 79.5 Å². The van der Waals surface area contributed by atoms with Crippen molar-refractivity contribution in [1.82, 2.24) is 15.1 Å². The van der Waals surface area contributed by atoms with Crippen molar-refractivity contribution in [1.29, 1.82) is 0 Å². The molecule has 246 valence electrons. The van der Waals surface area contributed by atoms with Crippen LogP contribution in [0, 0.1) is 28.1 Å². The molecule has 0 aliphatic carbocycles. The molecule has 6 nitrogen and oxygen atoms in total. The molecule has 1 unspecified atom stereocenters. The molecule has 0 bridgehead atoms. The van der Waals surface area contributed by atoms with Gasteiger partial charge in [0, 0.05) is 44.7 Å². The molecule has 2 aliphatic heterocycles. The minimum absolute atomic E-state index is 0.0465. The van der Waals surface area contributed by atoms with Crippen LogP contribution in [-0.4, -0.2) is 73.1 Å². The summed E-state index contributed by atoms with van der Waals surface area (Å²) in [5, 5.41) is 3.68. The summed E-state index contributed by atoms with van der Waals surface area (Å²) in [5.74, 6) is 1.93. The van der Waals surface area contributed by atoms with Gasteiger partial charge in [-0.2, -0.15) is 0 Å². The number of nitrogens with one attached hydrogen (secondary N) is 1. The number of ether oxygens (including phenoxy) is 1. The SMILES string of the molecule is CC(CCC(C)(C)NCCOCCC(=O)N1CCC(C(C)(C)C)CC1)C1(C)CCN(C(=O)CCCCC(C)(C)C)CC1. The van der Waals surface area contributed by atoms with Crippen LogP contribution in [0.4, 0.5) is 0 Å². The molecule has 2 rings (SSSR count). The molecule has 42 heavy (non-hydrogen) atoms. The van der Waals surface area contributed by atoms with E-state index in [1.54, 1.807) is 0 Å². The molecule has 0 spiro atoms. The Hall–Kier alpha value is -1.14. The minimum Gasteiger partial charge on any atom is -0.380 e. The number of piperidine rings is 2. The first-order chi connectivity index (χ1) is 19.4. The first kappa shape index (κ1) is 37.0. The summed E-state index contributed by atoms with van der Waals surface area (Å²) in [4.78, 5) is 29.5. The summed E-state index contributed by atoms with van der Waals surface area (Å²) in [6.45, 7) is 28.7. The Morgan fingerprint density at radius 3 is 1.98 bits per heavy atom. The van der Waals surface area contributed by atoms with Gasteiger partial charge in [0.1, 0.15) is 0 Å². The fourth-order valence-electron chi connectivity index (χ4n) is 6.74. The third kappa shape index (κ3) is 13.2. The van der Waals surface area contributed by atoms with Crippen molar-refractivity contribution in [3.8, 4) is 0 Å². The molecule has 0 saturated carbocycles. The highest BCUT2D eigenvalue weighted by Crippen LogP contribution is 2.41. The van der Waals surface area contributed by atoms with E-state index in [-0.39, 0.29) is 11.4 Å². The Balaban J connectivity index is 1.58. The highest BCUT2D eigenvalue weighted by atomic mass is 16.5. The summed E-state index contributed by atoms with van der Waals surface area (Å²) in [6.07, 6.45) is 11.3. The van der Waals surface area contributed by atoms with Crippen molar-refractivity contribution in [2.75, 3.05) is 45.9 Å². The fourth-order valence-corrected chi connectivity index (χ4v) is 6.74. The zero-order chi connectivity index (χ0) is 31.6. The number of rotatable bonds is 15. The summed E-state index contributed by atoms with van der Waals surface area (Å²) in [5.41, 5.74) is 1.04. The third-order valence-electron chi connectivity index (χ3n) is 10.6. The van der Waals surface area contributed by atoms with Gasteiger partial charge in [0.05, 0.1) is 19.6 Å². The average Bonchev–Trinajstić information content (AvgIpc) is 2.91. The van der Waals surface area contributed by atoms with Gasteiger partial charge in [-0.05, 0) is 93.3 Å². The summed E-state index contributed by atoms with van der Waals surface area (Å²) < 4.78 is 5.84. The van der Waals surface area contributed by atoms with Crippen LogP contribution in [0.3, 0.4) is 0 Å². The number of hydrogen-bond donors (Lipinski definition) is 1. The van der Waals surface area contributed by atoms with Crippen LogP contribution in [0.25, 0.3) is 0 Å². The lowest BCUT2D eigenvalue weighted by Crippen LogP contribution is -2.45. The molecular formula is C36H69N3O3. The van der Waals surface area contributed by atoms with Gasteiger partial charge in [0.15, 0.2) is 0 Å².